The van der Waals surface area contributed by atoms with Gasteiger partial charge in [0.05, 0.1) is 16.2 Å². The van der Waals surface area contributed by atoms with Crippen molar-refractivity contribution < 1.29 is 24.5 Å². The Kier molecular flexibility index (Phi) is 9.46. The molecule has 7 nitrogen and oxygen atoms in total. The Morgan fingerprint density at radius 3 is 2.61 bits per heavy atom. The maximum Gasteiger partial charge on any atom is 0.247 e. The molecular weight excluding hydrogens is 595 g/mol. The number of aliphatic hydroxyl groups is 2. The van der Waals surface area contributed by atoms with Crippen molar-refractivity contribution in [2.75, 3.05) is 19.7 Å². The number of rotatable bonds is 10. The summed E-state index contributed by atoms with van der Waals surface area (Å²) in [6.45, 7) is 9.34. The second-order valence-electron chi connectivity index (χ2n) is 12.3. The minimum absolute atomic E-state index is 0.0216. The number of fused-ring (bicyclic) bond motifs is 2. The number of nitrogens with one attached hydrogen (secondary N) is 1. The summed E-state index contributed by atoms with van der Waals surface area (Å²) in [5.74, 6) is 2.24. The second-order valence-corrected chi connectivity index (χ2v) is 13.5. The zero-order valence-corrected chi connectivity index (χ0v) is 25.2. The highest BCUT2D eigenvalue weighted by Gasteiger charge is 2.55. The van der Waals surface area contributed by atoms with Gasteiger partial charge < -0.3 is 25.2 Å². The van der Waals surface area contributed by atoms with E-state index >= 15 is 0 Å². The molecule has 0 radical (unpaired) electrons. The molecule has 0 spiro atoms. The SMILES string of the molecule is CC(C)CC(=O)N(C[C@@H]1CC[C@H]2C[C@@H]1C2(C)C)[C@@H]1CC(C(=O)NCCO)=C[C@H](Oc2ccccc2I)[C@H]1O. The number of hydrogen-bond acceptors (Lipinski definition) is 5. The lowest BCUT2D eigenvalue weighted by Crippen LogP contribution is -2.59. The Hall–Kier alpha value is -1.65. The van der Waals surface area contributed by atoms with E-state index in [4.69, 9.17) is 4.74 Å². The molecule has 4 aliphatic rings. The van der Waals surface area contributed by atoms with Gasteiger partial charge in [0, 0.05) is 31.5 Å². The summed E-state index contributed by atoms with van der Waals surface area (Å²) in [5.41, 5.74) is 0.755. The topological polar surface area (TPSA) is 99.1 Å². The Labute approximate surface area is 240 Å². The Bertz CT molecular complexity index is 1040. The minimum atomic E-state index is -0.984. The average molecular weight is 639 g/mol. The van der Waals surface area contributed by atoms with Crippen LogP contribution in [0.3, 0.4) is 0 Å². The lowest BCUT2D eigenvalue weighted by atomic mass is 9.45. The fourth-order valence-electron chi connectivity index (χ4n) is 6.79. The quantitative estimate of drug-likeness (QED) is 0.335. The first-order chi connectivity index (χ1) is 18.0. The van der Waals surface area contributed by atoms with Crippen molar-refractivity contribution in [1.29, 1.82) is 0 Å². The second kappa shape index (κ2) is 12.3. The van der Waals surface area contributed by atoms with Crippen molar-refractivity contribution in [3.63, 3.8) is 0 Å². The third kappa shape index (κ3) is 6.22. The van der Waals surface area contributed by atoms with Gasteiger partial charge in [0.25, 0.3) is 0 Å². The summed E-state index contributed by atoms with van der Waals surface area (Å²) in [7, 11) is 0. The normalized spacial score (nSPS) is 29.7. The third-order valence-electron chi connectivity index (χ3n) is 9.05. The molecule has 0 unspecified atom stereocenters. The summed E-state index contributed by atoms with van der Waals surface area (Å²) >= 11 is 2.19. The number of benzene rings is 1. The van der Waals surface area contributed by atoms with E-state index in [1.165, 1.54) is 12.8 Å². The van der Waals surface area contributed by atoms with Crippen molar-refractivity contribution in [2.45, 2.75) is 78.0 Å². The zero-order chi connectivity index (χ0) is 27.6. The number of aliphatic hydroxyl groups excluding tert-OH is 2. The van der Waals surface area contributed by atoms with Crippen molar-refractivity contribution in [3.05, 3.63) is 39.5 Å². The Morgan fingerprint density at radius 2 is 1.97 bits per heavy atom. The molecule has 3 N–H and O–H groups in total. The number of ether oxygens (including phenoxy) is 1. The van der Waals surface area contributed by atoms with E-state index in [2.05, 4.69) is 41.8 Å². The first-order valence-electron chi connectivity index (χ1n) is 14.0. The van der Waals surface area contributed by atoms with Crippen LogP contribution >= 0.6 is 22.6 Å². The van der Waals surface area contributed by atoms with Crippen LogP contribution in [-0.2, 0) is 9.59 Å². The molecule has 5 rings (SSSR count). The third-order valence-corrected chi connectivity index (χ3v) is 9.94. The maximum atomic E-state index is 13.7. The van der Waals surface area contributed by atoms with Crippen LogP contribution in [0.25, 0.3) is 0 Å². The molecule has 1 aromatic carbocycles. The lowest BCUT2D eigenvalue weighted by Gasteiger charge is -2.61. The number of amides is 2. The Balaban J connectivity index is 1.64. The van der Waals surface area contributed by atoms with Crippen LogP contribution in [0.1, 0.15) is 59.8 Å². The van der Waals surface area contributed by atoms with Crippen LogP contribution in [0.4, 0.5) is 0 Å². The van der Waals surface area contributed by atoms with Gasteiger partial charge >= 0.3 is 0 Å². The first-order valence-corrected chi connectivity index (χ1v) is 15.1. The monoisotopic (exact) mass is 638 g/mol. The number of para-hydroxylation sites is 1. The first kappa shape index (κ1) is 29.3. The summed E-state index contributed by atoms with van der Waals surface area (Å²) in [6.07, 6.45) is 4.04. The molecule has 8 heteroatoms. The summed E-state index contributed by atoms with van der Waals surface area (Å²) in [5, 5.41) is 23.7. The molecule has 2 bridgehead atoms. The van der Waals surface area contributed by atoms with Crippen molar-refractivity contribution in [1.82, 2.24) is 10.2 Å². The highest BCUT2D eigenvalue weighted by Crippen LogP contribution is 2.61. The van der Waals surface area contributed by atoms with E-state index in [0.29, 0.717) is 36.1 Å². The number of nitrogens with zero attached hydrogens (tertiary/aromatic N) is 1. The van der Waals surface area contributed by atoms with Gasteiger partial charge in [-0.15, -0.1) is 0 Å². The van der Waals surface area contributed by atoms with Crippen molar-refractivity contribution >= 4 is 34.4 Å². The number of halogens is 1. The van der Waals surface area contributed by atoms with E-state index in [-0.39, 0.29) is 42.7 Å². The molecule has 0 aromatic heterocycles. The molecule has 6 atom stereocenters. The Morgan fingerprint density at radius 1 is 1.24 bits per heavy atom. The summed E-state index contributed by atoms with van der Waals surface area (Å²) in [4.78, 5) is 28.7. The molecule has 4 aliphatic carbocycles. The molecule has 0 heterocycles. The fraction of sp³-hybridized carbons (Fsp3) is 0.667. The van der Waals surface area contributed by atoms with Gasteiger partial charge in [-0.25, -0.2) is 0 Å². The van der Waals surface area contributed by atoms with Gasteiger partial charge in [-0.1, -0.05) is 39.8 Å². The highest BCUT2D eigenvalue weighted by molar-refractivity contribution is 14.1. The standard InChI is InChI=1S/C30H43IN2O5/c1-18(2)13-27(35)33(17-19-9-10-21-16-22(19)30(21,3)4)24-14-20(29(37)32-11-12-34)15-26(28(24)36)38-25-8-6-5-7-23(25)31/h5-8,15,18-19,21-22,24,26,28,34,36H,9-14,16-17H2,1-4H3,(H,32,37)/t19-,21-,22-,24+,26-,28-/m0/s1. The van der Waals surface area contributed by atoms with Gasteiger partial charge in [-0.3, -0.25) is 9.59 Å². The van der Waals surface area contributed by atoms with Gasteiger partial charge in [0.2, 0.25) is 11.8 Å². The van der Waals surface area contributed by atoms with Gasteiger partial charge in [-0.2, -0.15) is 0 Å². The molecule has 0 aliphatic heterocycles. The molecule has 3 saturated carbocycles. The van der Waals surface area contributed by atoms with Crippen LogP contribution in [0.15, 0.2) is 35.9 Å². The summed E-state index contributed by atoms with van der Waals surface area (Å²) in [6, 6.07) is 6.99. The van der Waals surface area contributed by atoms with Crippen LogP contribution < -0.4 is 10.1 Å². The van der Waals surface area contributed by atoms with Crippen molar-refractivity contribution in [2.24, 2.45) is 29.1 Å². The molecule has 1 aromatic rings. The molecular formula is C30H43IN2O5. The van der Waals surface area contributed by atoms with E-state index in [1.54, 1.807) is 6.08 Å². The predicted molar refractivity (Wildman–Crippen MR) is 155 cm³/mol. The number of carbonyl (C=O) groups excluding carboxylic acids is 2. The molecule has 38 heavy (non-hydrogen) atoms. The van der Waals surface area contributed by atoms with Crippen LogP contribution in [0.2, 0.25) is 0 Å². The van der Waals surface area contributed by atoms with Gasteiger partial charge in [0.1, 0.15) is 18.0 Å². The predicted octanol–water partition coefficient (Wildman–Crippen LogP) is 4.15. The van der Waals surface area contributed by atoms with Crippen LogP contribution in [0.5, 0.6) is 5.75 Å². The van der Waals surface area contributed by atoms with E-state index in [9.17, 15) is 19.8 Å². The molecule has 0 saturated heterocycles. The molecule has 2 amide bonds. The number of hydrogen-bond donors (Lipinski definition) is 3. The van der Waals surface area contributed by atoms with Gasteiger partial charge in [0.15, 0.2) is 0 Å². The van der Waals surface area contributed by atoms with E-state index in [0.717, 1.165) is 15.9 Å². The number of carbonyl (C=O) groups is 2. The highest BCUT2D eigenvalue weighted by atomic mass is 127. The van der Waals surface area contributed by atoms with E-state index < -0.39 is 18.2 Å². The van der Waals surface area contributed by atoms with Crippen LogP contribution in [-0.4, -0.2) is 64.9 Å². The zero-order valence-electron chi connectivity index (χ0n) is 23.0. The largest absolute Gasteiger partial charge is 0.482 e. The van der Waals surface area contributed by atoms with Crippen LogP contribution in [0, 0.1) is 32.7 Å². The van der Waals surface area contributed by atoms with Crippen molar-refractivity contribution in [3.8, 4) is 5.75 Å². The lowest BCUT2D eigenvalue weighted by molar-refractivity contribution is -0.148. The minimum Gasteiger partial charge on any atom is -0.482 e. The fourth-order valence-corrected chi connectivity index (χ4v) is 7.30. The smallest absolute Gasteiger partial charge is 0.247 e. The molecule has 210 valence electrons. The van der Waals surface area contributed by atoms with E-state index in [1.807, 2.05) is 43.0 Å². The average Bonchev–Trinajstić information content (AvgIpc) is 2.88. The van der Waals surface area contributed by atoms with Gasteiger partial charge in [-0.05, 0) is 89.1 Å². The summed E-state index contributed by atoms with van der Waals surface area (Å²) < 4.78 is 7.17. The maximum absolute atomic E-state index is 13.7. The molecule has 3 fully saturated rings.